The summed E-state index contributed by atoms with van der Waals surface area (Å²) in [6, 6.07) is 5.14. The minimum Gasteiger partial charge on any atom is -0.482 e. The van der Waals surface area contributed by atoms with E-state index in [9.17, 15) is 18.0 Å². The van der Waals surface area contributed by atoms with Gasteiger partial charge in [0, 0.05) is 6.20 Å². The van der Waals surface area contributed by atoms with Crippen LogP contribution in [0.25, 0.3) is 0 Å². The lowest BCUT2D eigenvalue weighted by Gasteiger charge is -2.18. The van der Waals surface area contributed by atoms with Crippen LogP contribution in [0.15, 0.2) is 41.6 Å². The molecule has 0 atom stereocenters. The Hall–Kier alpha value is -3.14. The van der Waals surface area contributed by atoms with Gasteiger partial charge in [-0.25, -0.2) is 13.2 Å². The number of anilines is 2. The van der Waals surface area contributed by atoms with Crippen LogP contribution >= 0.6 is 0 Å². The molecule has 124 valence electrons. The van der Waals surface area contributed by atoms with Crippen LogP contribution in [0.1, 0.15) is 10.4 Å². The summed E-state index contributed by atoms with van der Waals surface area (Å²) < 4.78 is 32.2. The number of nitrogens with zero attached hydrogens (tertiary/aromatic N) is 1. The molecule has 0 radical (unpaired) electrons. The van der Waals surface area contributed by atoms with Gasteiger partial charge in [0.25, 0.3) is 15.9 Å². The predicted octanol–water partition coefficient (Wildman–Crippen LogP) is 0.911. The normalized spacial score (nSPS) is 13.4. The number of hydrogen-bond donors (Lipinski definition) is 3. The first-order valence-electron chi connectivity index (χ1n) is 6.63. The number of hydrogen-bond acceptors (Lipinski definition) is 6. The first-order chi connectivity index (χ1) is 11.3. The van der Waals surface area contributed by atoms with E-state index in [1.54, 1.807) is 0 Å². The molecule has 1 aliphatic heterocycles. The number of carbonyl (C=O) groups is 2. The summed E-state index contributed by atoms with van der Waals surface area (Å²) in [5, 5.41) is 11.4. The number of amides is 1. The Morgan fingerprint density at radius 3 is 2.83 bits per heavy atom. The van der Waals surface area contributed by atoms with Crippen LogP contribution in [0, 0.1) is 0 Å². The lowest BCUT2D eigenvalue weighted by molar-refractivity contribution is -0.118. The third kappa shape index (κ3) is 3.13. The van der Waals surface area contributed by atoms with E-state index in [0.29, 0.717) is 5.75 Å². The highest BCUT2D eigenvalue weighted by Gasteiger charge is 2.21. The van der Waals surface area contributed by atoms with Crippen molar-refractivity contribution in [2.24, 2.45) is 0 Å². The van der Waals surface area contributed by atoms with Gasteiger partial charge in [0.05, 0.1) is 28.0 Å². The fourth-order valence-corrected chi connectivity index (χ4v) is 3.12. The quantitative estimate of drug-likeness (QED) is 0.746. The maximum atomic E-state index is 12.4. The van der Waals surface area contributed by atoms with E-state index in [1.807, 2.05) is 0 Å². The van der Waals surface area contributed by atoms with Crippen LogP contribution in [-0.4, -0.2) is 37.0 Å². The van der Waals surface area contributed by atoms with Crippen molar-refractivity contribution in [3.63, 3.8) is 0 Å². The minimum atomic E-state index is -4.00. The maximum Gasteiger partial charge on any atom is 0.337 e. The molecular formula is C14H11N3O6S. The average Bonchev–Trinajstić information content (AvgIpc) is 2.54. The Balaban J connectivity index is 1.91. The van der Waals surface area contributed by atoms with Crippen LogP contribution in [0.4, 0.5) is 11.4 Å². The summed E-state index contributed by atoms with van der Waals surface area (Å²) in [5.41, 5.74) is 0.0979. The monoisotopic (exact) mass is 349 g/mol. The number of carboxylic acid groups (broad SMARTS) is 1. The molecule has 0 spiro atoms. The lowest BCUT2D eigenvalue weighted by atomic mass is 10.2. The van der Waals surface area contributed by atoms with Gasteiger partial charge < -0.3 is 15.2 Å². The number of aromatic nitrogens is 1. The lowest BCUT2D eigenvalue weighted by Crippen LogP contribution is -2.25. The summed E-state index contributed by atoms with van der Waals surface area (Å²) >= 11 is 0. The average molecular weight is 349 g/mol. The van der Waals surface area contributed by atoms with Crippen molar-refractivity contribution in [3.05, 3.63) is 42.2 Å². The Bertz CT molecular complexity index is 941. The molecule has 0 saturated carbocycles. The van der Waals surface area contributed by atoms with Gasteiger partial charge in [0.2, 0.25) is 0 Å². The Morgan fingerprint density at radius 2 is 2.08 bits per heavy atom. The summed E-state index contributed by atoms with van der Waals surface area (Å²) in [7, 11) is -4.00. The number of sulfonamides is 1. The smallest absolute Gasteiger partial charge is 0.337 e. The highest BCUT2D eigenvalue weighted by atomic mass is 32.2. The predicted molar refractivity (Wildman–Crippen MR) is 82.6 cm³/mol. The number of carboxylic acids is 1. The molecule has 0 unspecified atom stereocenters. The first-order valence-corrected chi connectivity index (χ1v) is 8.11. The molecule has 1 amide bonds. The summed E-state index contributed by atoms with van der Waals surface area (Å²) in [6.45, 7) is -0.134. The molecule has 2 heterocycles. The Kier molecular flexibility index (Phi) is 3.81. The fourth-order valence-electron chi connectivity index (χ4n) is 2.06. The van der Waals surface area contributed by atoms with E-state index < -0.39 is 16.0 Å². The second kappa shape index (κ2) is 5.81. The molecule has 1 aromatic heterocycles. The number of nitrogens with one attached hydrogen (secondary N) is 2. The van der Waals surface area contributed by atoms with E-state index in [4.69, 9.17) is 9.84 Å². The number of fused-ring (bicyclic) bond motifs is 1. The van der Waals surface area contributed by atoms with E-state index in [1.165, 1.54) is 24.4 Å². The number of pyridine rings is 1. The van der Waals surface area contributed by atoms with Gasteiger partial charge in [0.15, 0.2) is 6.61 Å². The molecule has 0 fully saturated rings. The van der Waals surface area contributed by atoms with Crippen LogP contribution < -0.4 is 14.8 Å². The van der Waals surface area contributed by atoms with E-state index in [-0.39, 0.29) is 34.3 Å². The molecule has 24 heavy (non-hydrogen) atoms. The maximum absolute atomic E-state index is 12.4. The molecule has 2 aromatic rings. The first kappa shape index (κ1) is 15.7. The SMILES string of the molecule is O=C1COc2ccc(S(=O)(=O)Nc3cncc(C(=O)O)c3)cc2N1. The van der Waals surface area contributed by atoms with E-state index in [0.717, 1.165) is 12.3 Å². The Labute approximate surface area is 136 Å². The summed E-state index contributed by atoms with van der Waals surface area (Å²) in [4.78, 5) is 25.8. The van der Waals surface area contributed by atoms with E-state index in [2.05, 4.69) is 15.0 Å². The highest BCUT2D eigenvalue weighted by molar-refractivity contribution is 7.92. The molecular weight excluding hydrogens is 338 g/mol. The molecule has 10 heteroatoms. The van der Waals surface area contributed by atoms with E-state index >= 15 is 0 Å². The number of benzene rings is 1. The molecule has 1 aliphatic rings. The van der Waals surface area contributed by atoms with Gasteiger partial charge in [-0.05, 0) is 24.3 Å². The van der Waals surface area contributed by atoms with Crippen LogP contribution in [0.5, 0.6) is 5.75 Å². The van der Waals surface area contributed by atoms with Gasteiger partial charge in [-0.15, -0.1) is 0 Å². The van der Waals surface area contributed by atoms with Crippen molar-refractivity contribution in [2.45, 2.75) is 4.90 Å². The largest absolute Gasteiger partial charge is 0.482 e. The van der Waals surface area contributed by atoms with Crippen molar-refractivity contribution < 1.29 is 27.9 Å². The standard InChI is InChI=1S/C14H11N3O6S/c18-13-7-23-12-2-1-10(4-11(12)16-13)24(21,22)17-9-3-8(14(19)20)5-15-6-9/h1-6,17H,7H2,(H,16,18)(H,19,20). The van der Waals surface area contributed by atoms with Crippen LogP contribution in [-0.2, 0) is 14.8 Å². The summed E-state index contributed by atoms with van der Waals surface area (Å²) in [5.74, 6) is -1.25. The molecule has 9 nitrogen and oxygen atoms in total. The van der Waals surface area contributed by atoms with Gasteiger partial charge in [-0.1, -0.05) is 0 Å². The van der Waals surface area contributed by atoms with Crippen molar-refractivity contribution in [1.29, 1.82) is 0 Å². The topological polar surface area (TPSA) is 135 Å². The zero-order valence-corrected chi connectivity index (χ0v) is 12.8. The molecule has 3 rings (SSSR count). The third-order valence-electron chi connectivity index (χ3n) is 3.13. The third-order valence-corrected chi connectivity index (χ3v) is 4.51. The van der Waals surface area contributed by atoms with Gasteiger partial charge in [0.1, 0.15) is 5.75 Å². The fraction of sp³-hybridized carbons (Fsp3) is 0.0714. The van der Waals surface area contributed by atoms with Crippen LogP contribution in [0.3, 0.4) is 0 Å². The van der Waals surface area contributed by atoms with Crippen molar-refractivity contribution in [1.82, 2.24) is 4.98 Å². The van der Waals surface area contributed by atoms with Gasteiger partial charge in [-0.2, -0.15) is 0 Å². The minimum absolute atomic E-state index is 0.00732. The molecule has 1 aromatic carbocycles. The molecule has 0 saturated heterocycles. The Morgan fingerprint density at radius 1 is 1.29 bits per heavy atom. The van der Waals surface area contributed by atoms with Gasteiger partial charge in [-0.3, -0.25) is 14.5 Å². The van der Waals surface area contributed by atoms with Gasteiger partial charge >= 0.3 is 5.97 Å². The van der Waals surface area contributed by atoms with Crippen molar-refractivity contribution in [2.75, 3.05) is 16.6 Å². The number of aromatic carboxylic acids is 1. The number of carbonyl (C=O) groups excluding carboxylic acids is 1. The van der Waals surface area contributed by atoms with Crippen molar-refractivity contribution >= 4 is 33.3 Å². The second-order valence-corrected chi connectivity index (χ2v) is 6.55. The highest BCUT2D eigenvalue weighted by Crippen LogP contribution is 2.30. The second-order valence-electron chi connectivity index (χ2n) is 4.87. The molecule has 0 bridgehead atoms. The zero-order chi connectivity index (χ0) is 17.3. The molecule has 3 N–H and O–H groups in total. The zero-order valence-electron chi connectivity index (χ0n) is 12.0. The van der Waals surface area contributed by atoms with Crippen LogP contribution in [0.2, 0.25) is 0 Å². The number of rotatable bonds is 4. The number of ether oxygens (including phenoxy) is 1. The molecule has 0 aliphatic carbocycles. The summed E-state index contributed by atoms with van der Waals surface area (Å²) in [6.07, 6.45) is 2.29. The van der Waals surface area contributed by atoms with Crippen molar-refractivity contribution in [3.8, 4) is 5.75 Å².